The second-order valence-corrected chi connectivity index (χ2v) is 7.56. The Morgan fingerprint density at radius 2 is 2.00 bits per heavy atom. The van der Waals surface area contributed by atoms with Crippen molar-refractivity contribution in [2.45, 2.75) is 51.7 Å². The van der Waals surface area contributed by atoms with E-state index < -0.39 is 0 Å². The molecule has 2 aromatic carbocycles. The third kappa shape index (κ3) is 4.47. The number of para-hydroxylation sites is 1. The average Bonchev–Trinajstić information content (AvgIpc) is 3.21. The summed E-state index contributed by atoms with van der Waals surface area (Å²) in [5.41, 5.74) is 2.24. The molecule has 1 fully saturated rings. The van der Waals surface area contributed by atoms with Crippen LogP contribution in [-0.2, 0) is 11.3 Å². The number of hydrogen-bond donors (Lipinski definition) is 1. The Morgan fingerprint density at radius 1 is 1.21 bits per heavy atom. The van der Waals surface area contributed by atoms with E-state index in [1.165, 1.54) is 23.7 Å². The lowest BCUT2D eigenvalue weighted by Gasteiger charge is -2.14. The minimum atomic E-state index is -0.153. The Morgan fingerprint density at radius 3 is 2.83 bits per heavy atom. The van der Waals surface area contributed by atoms with Gasteiger partial charge < -0.3 is 10.1 Å². The molecule has 0 atom stereocenters. The first-order valence-electron chi connectivity index (χ1n) is 10.1. The quantitative estimate of drug-likeness (QED) is 0.688. The average molecular weight is 391 g/mol. The van der Waals surface area contributed by atoms with Crippen molar-refractivity contribution in [1.82, 2.24) is 9.55 Å². The Bertz CT molecular complexity index is 1080. The summed E-state index contributed by atoms with van der Waals surface area (Å²) in [4.78, 5) is 29.4. The lowest BCUT2D eigenvalue weighted by atomic mass is 10.1. The van der Waals surface area contributed by atoms with Crippen LogP contribution in [-0.4, -0.2) is 21.6 Å². The number of amides is 1. The summed E-state index contributed by atoms with van der Waals surface area (Å²) in [6.07, 6.45) is 6.58. The number of aryl methyl sites for hydroxylation is 2. The largest absolute Gasteiger partial charge is 0.490 e. The Balaban J connectivity index is 1.38. The first-order valence-corrected chi connectivity index (χ1v) is 10.1. The standard InChI is InChI=1S/C23H25N3O3/c1-16-6-4-11-20-22(16)24-15-26(23(20)28)13-12-21(27)25-17-7-5-10-19(14-17)29-18-8-2-3-9-18/h4-7,10-11,14-15,18H,2-3,8-9,12-13H2,1H3,(H,25,27). The van der Waals surface area contributed by atoms with Gasteiger partial charge in [0.2, 0.25) is 5.91 Å². The maximum Gasteiger partial charge on any atom is 0.261 e. The van der Waals surface area contributed by atoms with Gasteiger partial charge in [-0.3, -0.25) is 14.2 Å². The zero-order chi connectivity index (χ0) is 20.2. The van der Waals surface area contributed by atoms with Crippen molar-refractivity contribution in [3.05, 3.63) is 64.7 Å². The van der Waals surface area contributed by atoms with Crippen LogP contribution in [0.2, 0.25) is 0 Å². The highest BCUT2D eigenvalue weighted by Crippen LogP contribution is 2.25. The minimum absolute atomic E-state index is 0.126. The highest BCUT2D eigenvalue weighted by molar-refractivity contribution is 5.90. The smallest absolute Gasteiger partial charge is 0.261 e. The fraction of sp³-hybridized carbons (Fsp3) is 0.348. The molecule has 6 nitrogen and oxygen atoms in total. The van der Waals surface area contributed by atoms with Gasteiger partial charge in [0.15, 0.2) is 0 Å². The lowest BCUT2D eigenvalue weighted by Crippen LogP contribution is -2.23. The third-order valence-electron chi connectivity index (χ3n) is 5.36. The molecule has 0 spiro atoms. The van der Waals surface area contributed by atoms with E-state index in [1.54, 1.807) is 6.07 Å². The molecule has 1 aliphatic rings. The molecule has 0 bridgehead atoms. The molecule has 1 saturated carbocycles. The van der Waals surface area contributed by atoms with E-state index in [0.717, 1.165) is 24.2 Å². The molecule has 3 aromatic rings. The molecular weight excluding hydrogens is 366 g/mol. The van der Waals surface area contributed by atoms with Crippen molar-refractivity contribution in [1.29, 1.82) is 0 Å². The first-order chi connectivity index (χ1) is 14.1. The van der Waals surface area contributed by atoms with Crippen LogP contribution in [0.3, 0.4) is 0 Å². The SMILES string of the molecule is Cc1cccc2c(=O)n(CCC(=O)Nc3cccc(OC4CCCC4)c3)cnc12. The third-order valence-corrected chi connectivity index (χ3v) is 5.36. The highest BCUT2D eigenvalue weighted by atomic mass is 16.5. The molecule has 1 heterocycles. The molecule has 4 rings (SSSR count). The maximum absolute atomic E-state index is 12.6. The van der Waals surface area contributed by atoms with E-state index in [9.17, 15) is 9.59 Å². The second-order valence-electron chi connectivity index (χ2n) is 7.56. The molecule has 1 amide bonds. The predicted octanol–water partition coefficient (Wildman–Crippen LogP) is 4.06. The van der Waals surface area contributed by atoms with E-state index in [-0.39, 0.29) is 30.5 Å². The molecule has 150 valence electrons. The van der Waals surface area contributed by atoms with Crippen molar-refractivity contribution in [3.63, 3.8) is 0 Å². The molecule has 1 aliphatic carbocycles. The number of aromatic nitrogens is 2. The zero-order valence-electron chi connectivity index (χ0n) is 16.6. The normalized spacial score (nSPS) is 14.2. The van der Waals surface area contributed by atoms with Gasteiger partial charge >= 0.3 is 0 Å². The molecule has 1 aromatic heterocycles. The van der Waals surface area contributed by atoms with E-state index in [2.05, 4.69) is 10.3 Å². The molecular formula is C23H25N3O3. The van der Waals surface area contributed by atoms with Crippen LogP contribution in [0.1, 0.15) is 37.7 Å². The van der Waals surface area contributed by atoms with Gasteiger partial charge in [0.25, 0.3) is 5.56 Å². The number of carbonyl (C=O) groups excluding carboxylic acids is 1. The van der Waals surface area contributed by atoms with E-state index in [1.807, 2.05) is 43.3 Å². The Kier molecular flexibility index (Phi) is 5.60. The minimum Gasteiger partial charge on any atom is -0.490 e. The zero-order valence-corrected chi connectivity index (χ0v) is 16.6. The van der Waals surface area contributed by atoms with Crippen molar-refractivity contribution >= 4 is 22.5 Å². The summed E-state index contributed by atoms with van der Waals surface area (Å²) in [7, 11) is 0. The van der Waals surface area contributed by atoms with Crippen LogP contribution in [0.5, 0.6) is 5.75 Å². The fourth-order valence-corrected chi connectivity index (χ4v) is 3.79. The van der Waals surface area contributed by atoms with Gasteiger partial charge in [0.05, 0.1) is 23.3 Å². The van der Waals surface area contributed by atoms with E-state index in [4.69, 9.17) is 4.74 Å². The topological polar surface area (TPSA) is 73.2 Å². The van der Waals surface area contributed by atoms with Gasteiger partial charge in [0, 0.05) is 24.7 Å². The second kappa shape index (κ2) is 8.47. The summed E-state index contributed by atoms with van der Waals surface area (Å²) < 4.78 is 7.48. The lowest BCUT2D eigenvalue weighted by molar-refractivity contribution is -0.116. The van der Waals surface area contributed by atoms with Crippen molar-refractivity contribution in [2.24, 2.45) is 0 Å². The van der Waals surface area contributed by atoms with E-state index in [0.29, 0.717) is 16.6 Å². The van der Waals surface area contributed by atoms with Crippen LogP contribution in [0.4, 0.5) is 5.69 Å². The van der Waals surface area contributed by atoms with Crippen molar-refractivity contribution in [3.8, 4) is 5.75 Å². The summed E-state index contributed by atoms with van der Waals surface area (Å²) in [6, 6.07) is 13.0. The maximum atomic E-state index is 12.6. The van der Waals surface area contributed by atoms with Gasteiger partial charge in [-0.15, -0.1) is 0 Å². The van der Waals surface area contributed by atoms with Crippen LogP contribution in [0, 0.1) is 6.92 Å². The van der Waals surface area contributed by atoms with Crippen molar-refractivity contribution < 1.29 is 9.53 Å². The van der Waals surface area contributed by atoms with Crippen LogP contribution in [0.15, 0.2) is 53.6 Å². The monoisotopic (exact) mass is 391 g/mol. The number of fused-ring (bicyclic) bond motifs is 1. The van der Waals surface area contributed by atoms with Gasteiger partial charge in [-0.1, -0.05) is 18.2 Å². The number of anilines is 1. The summed E-state index contributed by atoms with van der Waals surface area (Å²) in [6.45, 7) is 2.21. The molecule has 1 N–H and O–H groups in total. The number of ether oxygens (including phenoxy) is 1. The first kappa shape index (κ1) is 19.2. The van der Waals surface area contributed by atoms with E-state index >= 15 is 0 Å². The van der Waals surface area contributed by atoms with Crippen LogP contribution < -0.4 is 15.6 Å². The number of benzene rings is 2. The summed E-state index contributed by atoms with van der Waals surface area (Å²) >= 11 is 0. The van der Waals surface area contributed by atoms with Gasteiger partial charge in [0.1, 0.15) is 5.75 Å². The molecule has 0 radical (unpaired) electrons. The van der Waals surface area contributed by atoms with Crippen molar-refractivity contribution in [2.75, 3.05) is 5.32 Å². The van der Waals surface area contributed by atoms with Gasteiger partial charge in [-0.05, 0) is 56.4 Å². The van der Waals surface area contributed by atoms with Gasteiger partial charge in [-0.2, -0.15) is 0 Å². The van der Waals surface area contributed by atoms with Crippen LogP contribution >= 0.6 is 0 Å². The van der Waals surface area contributed by atoms with Gasteiger partial charge in [-0.25, -0.2) is 4.98 Å². The predicted molar refractivity (Wildman–Crippen MR) is 113 cm³/mol. The molecule has 0 unspecified atom stereocenters. The number of nitrogens with one attached hydrogen (secondary N) is 1. The number of rotatable bonds is 6. The number of hydrogen-bond acceptors (Lipinski definition) is 4. The Hall–Kier alpha value is -3.15. The summed E-state index contributed by atoms with van der Waals surface area (Å²) in [5.74, 6) is 0.624. The molecule has 6 heteroatoms. The number of nitrogens with zero attached hydrogens (tertiary/aromatic N) is 2. The molecule has 0 saturated heterocycles. The molecule has 0 aliphatic heterocycles. The molecule has 29 heavy (non-hydrogen) atoms. The highest BCUT2D eigenvalue weighted by Gasteiger charge is 2.16. The fourth-order valence-electron chi connectivity index (χ4n) is 3.79. The number of carbonyl (C=O) groups is 1. The summed E-state index contributed by atoms with van der Waals surface area (Å²) in [5, 5.41) is 3.46. The Labute approximate surface area is 169 Å². The van der Waals surface area contributed by atoms with Crippen LogP contribution in [0.25, 0.3) is 10.9 Å².